The molecular formula is C26H28N8O3. The maximum Gasteiger partial charge on any atom is 0.199 e. The molecule has 0 aliphatic rings. The number of hydrogen-bond donors (Lipinski definition) is 4. The number of hydrogen-bond acceptors (Lipinski definition) is 10. The number of aliphatic hydroxyl groups excluding tert-OH is 1. The second-order valence-corrected chi connectivity index (χ2v) is 8.55. The van der Waals surface area contributed by atoms with Crippen LogP contribution in [-0.4, -0.2) is 49.2 Å². The predicted molar refractivity (Wildman–Crippen MR) is 140 cm³/mol. The first-order chi connectivity index (χ1) is 18.0. The van der Waals surface area contributed by atoms with Crippen LogP contribution < -0.4 is 21.5 Å². The van der Waals surface area contributed by atoms with Crippen molar-refractivity contribution in [1.29, 1.82) is 0 Å². The number of nitrogens with one attached hydrogen (secondary N) is 1. The summed E-state index contributed by atoms with van der Waals surface area (Å²) < 4.78 is 12.8. The van der Waals surface area contributed by atoms with Gasteiger partial charge >= 0.3 is 0 Å². The zero-order valence-electron chi connectivity index (χ0n) is 20.3. The maximum atomic E-state index is 10.6. The number of imidazole rings is 1. The lowest BCUT2D eigenvalue weighted by Crippen LogP contribution is -2.31. The molecule has 2 aromatic carbocycles. The molecule has 3 aromatic heterocycles. The normalized spacial score (nSPS) is 12.2. The average molecular weight is 501 g/mol. The van der Waals surface area contributed by atoms with Gasteiger partial charge in [-0.1, -0.05) is 42.5 Å². The van der Waals surface area contributed by atoms with Gasteiger partial charge < -0.3 is 31.2 Å². The van der Waals surface area contributed by atoms with Crippen LogP contribution in [0.25, 0.3) is 33.8 Å². The van der Waals surface area contributed by atoms with Gasteiger partial charge in [0.25, 0.3) is 0 Å². The lowest BCUT2D eigenvalue weighted by Gasteiger charge is -2.15. The van der Waals surface area contributed by atoms with Crippen LogP contribution in [0.1, 0.15) is 12.5 Å². The smallest absolute Gasteiger partial charge is 0.199 e. The molecule has 11 nitrogen and oxygen atoms in total. The Bertz CT molecular complexity index is 1500. The number of aliphatic hydroxyl groups is 1. The van der Waals surface area contributed by atoms with Gasteiger partial charge in [-0.25, -0.2) is 14.6 Å². The third-order valence-electron chi connectivity index (χ3n) is 5.92. The molecule has 0 bridgehead atoms. The Kier molecular flexibility index (Phi) is 6.97. The van der Waals surface area contributed by atoms with Crippen LogP contribution in [0.5, 0.6) is 5.75 Å². The van der Waals surface area contributed by atoms with E-state index in [1.54, 1.807) is 6.20 Å². The van der Waals surface area contributed by atoms with Crippen LogP contribution in [0.15, 0.2) is 65.4 Å². The van der Waals surface area contributed by atoms with E-state index in [2.05, 4.69) is 20.6 Å². The first kappa shape index (κ1) is 24.2. The fraction of sp³-hybridized carbons (Fsp3) is 0.231. The maximum absolute atomic E-state index is 10.6. The van der Waals surface area contributed by atoms with Crippen LogP contribution >= 0.6 is 0 Å². The highest BCUT2D eigenvalue weighted by molar-refractivity contribution is 5.95. The molecule has 6 N–H and O–H groups in total. The molecule has 11 heteroatoms. The molecule has 0 spiro atoms. The number of nitrogen functional groups attached to an aromatic ring is 2. The number of benzene rings is 2. The number of nitrogens with two attached hydrogens (primary N) is 2. The van der Waals surface area contributed by atoms with Crippen molar-refractivity contribution in [2.24, 2.45) is 0 Å². The first-order valence-electron chi connectivity index (χ1n) is 11.9. The van der Waals surface area contributed by atoms with E-state index in [4.69, 9.17) is 25.8 Å². The van der Waals surface area contributed by atoms with E-state index in [0.717, 1.165) is 11.1 Å². The molecule has 1 unspecified atom stereocenters. The van der Waals surface area contributed by atoms with Gasteiger partial charge in [0.1, 0.15) is 23.7 Å². The number of aromatic nitrogens is 5. The van der Waals surface area contributed by atoms with Crippen LogP contribution in [0.4, 0.5) is 11.5 Å². The summed E-state index contributed by atoms with van der Waals surface area (Å²) in [5.41, 5.74) is 16.8. The van der Waals surface area contributed by atoms with Crippen molar-refractivity contribution in [3.05, 3.63) is 66.4 Å². The van der Waals surface area contributed by atoms with Crippen LogP contribution in [0, 0.1) is 0 Å². The van der Waals surface area contributed by atoms with Gasteiger partial charge in [-0.2, -0.15) is 0 Å². The molecule has 0 saturated carbocycles. The van der Waals surface area contributed by atoms with Gasteiger partial charge in [-0.15, -0.1) is 0 Å². The highest BCUT2D eigenvalue weighted by Gasteiger charge is 2.24. The minimum absolute atomic E-state index is 0.0588. The molecule has 190 valence electrons. The third-order valence-corrected chi connectivity index (χ3v) is 5.92. The second-order valence-electron chi connectivity index (χ2n) is 8.55. The quantitative estimate of drug-likeness (QED) is 0.210. The minimum atomic E-state index is -0.752. The summed E-state index contributed by atoms with van der Waals surface area (Å²) in [7, 11) is 0. The summed E-state index contributed by atoms with van der Waals surface area (Å²) in [4.78, 5) is 9.49. The number of aryl methyl sites for hydroxylation is 1. The highest BCUT2D eigenvalue weighted by atomic mass is 16.6. The number of anilines is 2. The van der Waals surface area contributed by atoms with E-state index in [0.29, 0.717) is 59.3 Å². The molecule has 3 heterocycles. The number of rotatable bonds is 10. The highest BCUT2D eigenvalue weighted by Crippen LogP contribution is 2.36. The number of fused-ring (bicyclic) bond motifs is 1. The Balaban J connectivity index is 1.42. The lowest BCUT2D eigenvalue weighted by molar-refractivity contribution is 0.106. The SMILES string of the molecule is CCn1c(-c2nonc2N)nc2c(-c3ccccc3)ncc(OCC(O)CNCc3cccc(N)c3)c21. The third kappa shape index (κ3) is 5.08. The number of pyridine rings is 1. The van der Waals surface area contributed by atoms with Gasteiger partial charge in [-0.05, 0) is 34.9 Å². The van der Waals surface area contributed by atoms with Gasteiger partial charge in [0.05, 0.1) is 11.9 Å². The molecule has 0 aliphatic carbocycles. The summed E-state index contributed by atoms with van der Waals surface area (Å²) in [6, 6.07) is 17.4. The Labute approximate surface area is 213 Å². The molecule has 5 aromatic rings. The summed E-state index contributed by atoms with van der Waals surface area (Å²) in [5.74, 6) is 1.12. The Morgan fingerprint density at radius 3 is 2.65 bits per heavy atom. The summed E-state index contributed by atoms with van der Waals surface area (Å²) in [6.07, 6.45) is 0.900. The van der Waals surface area contributed by atoms with E-state index in [1.807, 2.05) is 66.1 Å². The van der Waals surface area contributed by atoms with Crippen molar-refractivity contribution in [2.45, 2.75) is 26.1 Å². The van der Waals surface area contributed by atoms with Crippen molar-refractivity contribution in [3.8, 4) is 28.5 Å². The average Bonchev–Trinajstić information content (AvgIpc) is 3.51. The Morgan fingerprint density at radius 1 is 1.08 bits per heavy atom. The zero-order valence-corrected chi connectivity index (χ0v) is 20.3. The summed E-state index contributed by atoms with van der Waals surface area (Å²) in [6.45, 7) is 3.52. The summed E-state index contributed by atoms with van der Waals surface area (Å²) >= 11 is 0. The Morgan fingerprint density at radius 2 is 1.92 bits per heavy atom. The van der Waals surface area contributed by atoms with Crippen molar-refractivity contribution in [1.82, 2.24) is 30.2 Å². The van der Waals surface area contributed by atoms with Crippen molar-refractivity contribution in [3.63, 3.8) is 0 Å². The molecular weight excluding hydrogens is 472 g/mol. The molecule has 0 radical (unpaired) electrons. The van der Waals surface area contributed by atoms with Crippen LogP contribution in [-0.2, 0) is 13.1 Å². The van der Waals surface area contributed by atoms with E-state index in [-0.39, 0.29) is 12.4 Å². The Hall–Kier alpha value is -4.48. The van der Waals surface area contributed by atoms with Gasteiger partial charge in [0.15, 0.2) is 23.1 Å². The van der Waals surface area contributed by atoms with Crippen molar-refractivity contribution in [2.75, 3.05) is 24.6 Å². The van der Waals surface area contributed by atoms with Gasteiger partial charge in [-0.3, -0.25) is 0 Å². The molecule has 37 heavy (non-hydrogen) atoms. The van der Waals surface area contributed by atoms with Crippen molar-refractivity contribution < 1.29 is 14.5 Å². The molecule has 0 fully saturated rings. The minimum Gasteiger partial charge on any atom is -0.487 e. The van der Waals surface area contributed by atoms with E-state index < -0.39 is 6.10 Å². The van der Waals surface area contributed by atoms with Crippen molar-refractivity contribution >= 4 is 22.5 Å². The monoisotopic (exact) mass is 500 g/mol. The van der Waals surface area contributed by atoms with Gasteiger partial charge in [0, 0.05) is 30.9 Å². The largest absolute Gasteiger partial charge is 0.487 e. The van der Waals surface area contributed by atoms with Crippen LogP contribution in [0.2, 0.25) is 0 Å². The van der Waals surface area contributed by atoms with Gasteiger partial charge in [0.2, 0.25) is 0 Å². The fourth-order valence-corrected chi connectivity index (χ4v) is 4.20. The zero-order chi connectivity index (χ0) is 25.8. The number of ether oxygens (including phenoxy) is 1. The molecule has 5 rings (SSSR count). The number of nitrogens with zero attached hydrogens (tertiary/aromatic N) is 5. The van der Waals surface area contributed by atoms with E-state index >= 15 is 0 Å². The van der Waals surface area contributed by atoms with Crippen LogP contribution in [0.3, 0.4) is 0 Å². The molecule has 0 aliphatic heterocycles. The molecule has 0 amide bonds. The lowest BCUT2D eigenvalue weighted by atomic mass is 10.1. The van der Waals surface area contributed by atoms with E-state index in [9.17, 15) is 5.11 Å². The topological polar surface area (TPSA) is 163 Å². The molecule has 0 saturated heterocycles. The second kappa shape index (κ2) is 10.6. The first-order valence-corrected chi connectivity index (χ1v) is 11.9. The predicted octanol–water partition coefficient (Wildman–Crippen LogP) is 2.86. The van der Waals surface area contributed by atoms with E-state index in [1.165, 1.54) is 0 Å². The fourth-order valence-electron chi connectivity index (χ4n) is 4.20. The summed E-state index contributed by atoms with van der Waals surface area (Å²) in [5, 5.41) is 21.4. The molecule has 1 atom stereocenters. The standard InChI is InChI=1S/C26H28N8O3/c1-2-34-24-20(36-15-19(35)13-29-12-16-7-6-10-18(27)11-16)14-30-21(17-8-4-3-5-9-17)22(24)31-26(34)23-25(28)33-37-32-23/h3-11,14,19,29,35H,2,12-13,15,27H2,1H3,(H2,28,33).